The summed E-state index contributed by atoms with van der Waals surface area (Å²) in [6.45, 7) is 3.60. The molecule has 3 aliphatic rings. The smallest absolute Gasteiger partial charge is 0.320 e. The Morgan fingerprint density at radius 1 is 0.929 bits per heavy atom. The van der Waals surface area contributed by atoms with Crippen LogP contribution in [0.25, 0.3) is 0 Å². The normalized spacial score (nSPS) is 26.6. The van der Waals surface area contributed by atoms with Crippen molar-refractivity contribution in [2.45, 2.75) is 50.6 Å². The van der Waals surface area contributed by atoms with Gasteiger partial charge in [-0.1, -0.05) is 0 Å². The number of piperidine rings is 1. The maximum absolute atomic E-state index is 13.1. The molecule has 1 aromatic heterocycles. The molecule has 0 unspecified atom stereocenters. The van der Waals surface area contributed by atoms with Crippen molar-refractivity contribution in [1.29, 1.82) is 0 Å². The summed E-state index contributed by atoms with van der Waals surface area (Å²) in [6, 6.07) is 4.91. The largest absolute Gasteiger partial charge is 0.469 e. The second-order valence-electron chi connectivity index (χ2n) is 8.12. The Labute approximate surface area is 166 Å². The SMILES string of the molecule is COC(=O)C1CCC(N2CCN(C3CCN(c4ccncc4)CC3)C2=O)CC1. The number of carbonyl (C=O) groups is 2. The Hall–Kier alpha value is -2.31. The fraction of sp³-hybridized carbons (Fsp3) is 0.667. The van der Waals surface area contributed by atoms with Crippen LogP contribution in [0.15, 0.2) is 24.5 Å². The van der Waals surface area contributed by atoms with Gasteiger partial charge in [-0.15, -0.1) is 0 Å². The monoisotopic (exact) mass is 386 g/mol. The number of esters is 1. The van der Waals surface area contributed by atoms with Crippen LogP contribution in [0, 0.1) is 5.92 Å². The van der Waals surface area contributed by atoms with E-state index in [0.717, 1.165) is 64.7 Å². The van der Waals surface area contributed by atoms with Gasteiger partial charge in [0.15, 0.2) is 0 Å². The minimum absolute atomic E-state index is 0.00701. The number of urea groups is 1. The zero-order chi connectivity index (χ0) is 19.5. The fourth-order valence-corrected chi connectivity index (χ4v) is 5.03. The van der Waals surface area contributed by atoms with E-state index < -0.39 is 0 Å². The summed E-state index contributed by atoms with van der Waals surface area (Å²) >= 11 is 0. The Bertz CT molecular complexity index is 682. The van der Waals surface area contributed by atoms with Gasteiger partial charge < -0.3 is 19.4 Å². The van der Waals surface area contributed by atoms with E-state index in [0.29, 0.717) is 6.04 Å². The average molecular weight is 386 g/mol. The van der Waals surface area contributed by atoms with Crippen LogP contribution in [0.4, 0.5) is 10.5 Å². The van der Waals surface area contributed by atoms with Gasteiger partial charge >= 0.3 is 12.0 Å². The summed E-state index contributed by atoms with van der Waals surface area (Å²) in [4.78, 5) is 35.4. The lowest BCUT2D eigenvalue weighted by atomic mass is 9.85. The number of hydrogen-bond acceptors (Lipinski definition) is 5. The van der Waals surface area contributed by atoms with E-state index >= 15 is 0 Å². The Morgan fingerprint density at radius 2 is 1.50 bits per heavy atom. The van der Waals surface area contributed by atoms with Crippen LogP contribution in [0.2, 0.25) is 0 Å². The molecule has 2 saturated heterocycles. The van der Waals surface area contributed by atoms with E-state index in [1.54, 1.807) is 0 Å². The maximum Gasteiger partial charge on any atom is 0.320 e. The topological polar surface area (TPSA) is 66.0 Å². The molecule has 3 heterocycles. The lowest BCUT2D eigenvalue weighted by molar-refractivity contribution is -0.146. The van der Waals surface area contributed by atoms with Crippen molar-refractivity contribution in [2.24, 2.45) is 5.92 Å². The second kappa shape index (κ2) is 8.37. The molecule has 1 aliphatic carbocycles. The van der Waals surface area contributed by atoms with Crippen LogP contribution >= 0.6 is 0 Å². The van der Waals surface area contributed by atoms with E-state index in [1.807, 2.05) is 24.5 Å². The van der Waals surface area contributed by atoms with E-state index in [-0.39, 0.29) is 24.0 Å². The number of hydrogen-bond donors (Lipinski definition) is 0. The van der Waals surface area contributed by atoms with Gasteiger partial charge in [0.2, 0.25) is 0 Å². The molecule has 7 heteroatoms. The quantitative estimate of drug-likeness (QED) is 0.744. The van der Waals surface area contributed by atoms with E-state index in [4.69, 9.17) is 4.74 Å². The molecule has 4 rings (SSSR count). The molecule has 0 N–H and O–H groups in total. The number of amides is 2. The van der Waals surface area contributed by atoms with Crippen molar-refractivity contribution in [2.75, 3.05) is 38.2 Å². The molecule has 0 radical (unpaired) electrons. The highest BCUT2D eigenvalue weighted by Gasteiger charge is 2.40. The van der Waals surface area contributed by atoms with Crippen LogP contribution in [0.3, 0.4) is 0 Å². The van der Waals surface area contributed by atoms with Crippen molar-refractivity contribution >= 4 is 17.7 Å². The van der Waals surface area contributed by atoms with Crippen LogP contribution in [-0.2, 0) is 9.53 Å². The number of nitrogens with zero attached hydrogens (tertiary/aromatic N) is 4. The fourth-order valence-electron chi connectivity index (χ4n) is 5.03. The highest BCUT2D eigenvalue weighted by Crippen LogP contribution is 2.32. The van der Waals surface area contributed by atoms with Crippen LogP contribution in [-0.4, -0.2) is 72.2 Å². The molecule has 1 aromatic rings. The number of rotatable bonds is 4. The summed E-state index contributed by atoms with van der Waals surface area (Å²) in [5.74, 6) is -0.0960. The number of aromatic nitrogens is 1. The van der Waals surface area contributed by atoms with Crippen LogP contribution in [0.1, 0.15) is 38.5 Å². The third-order valence-electron chi connectivity index (χ3n) is 6.68. The summed E-state index contributed by atoms with van der Waals surface area (Å²) in [5.41, 5.74) is 1.21. The first-order valence-corrected chi connectivity index (χ1v) is 10.5. The van der Waals surface area contributed by atoms with Gasteiger partial charge in [0.25, 0.3) is 0 Å². The summed E-state index contributed by atoms with van der Waals surface area (Å²) in [7, 11) is 1.45. The first-order chi connectivity index (χ1) is 13.7. The highest BCUT2D eigenvalue weighted by atomic mass is 16.5. The standard InChI is InChI=1S/C21H30N4O3/c1-28-20(26)16-2-4-18(5-3-16)24-14-15-25(21(24)27)19-8-12-23(13-9-19)17-6-10-22-11-7-17/h6-7,10-11,16,18-19H,2-5,8-9,12-15H2,1H3. The van der Waals surface area contributed by atoms with Crippen molar-refractivity contribution in [3.63, 3.8) is 0 Å². The molecule has 3 fully saturated rings. The molecule has 7 nitrogen and oxygen atoms in total. The lowest BCUT2D eigenvalue weighted by Gasteiger charge is -2.38. The van der Waals surface area contributed by atoms with Gasteiger partial charge in [-0.05, 0) is 50.7 Å². The minimum Gasteiger partial charge on any atom is -0.469 e. The third kappa shape index (κ3) is 3.80. The molecule has 0 spiro atoms. The molecular weight excluding hydrogens is 356 g/mol. The number of ether oxygens (including phenoxy) is 1. The molecular formula is C21H30N4O3. The maximum atomic E-state index is 13.1. The second-order valence-corrected chi connectivity index (χ2v) is 8.12. The van der Waals surface area contributed by atoms with Gasteiger partial charge in [-0.2, -0.15) is 0 Å². The third-order valence-corrected chi connectivity index (χ3v) is 6.68. The zero-order valence-corrected chi connectivity index (χ0v) is 16.6. The van der Waals surface area contributed by atoms with Gasteiger partial charge in [-0.25, -0.2) is 4.79 Å². The van der Waals surface area contributed by atoms with Crippen molar-refractivity contribution in [3.8, 4) is 0 Å². The Kier molecular flexibility index (Phi) is 5.69. The molecule has 0 atom stereocenters. The summed E-state index contributed by atoms with van der Waals surface area (Å²) < 4.78 is 4.87. The minimum atomic E-state index is -0.103. The van der Waals surface area contributed by atoms with Crippen LogP contribution < -0.4 is 4.90 Å². The van der Waals surface area contributed by atoms with Gasteiger partial charge in [0.1, 0.15) is 0 Å². The predicted octanol–water partition coefficient (Wildman–Crippen LogP) is 2.52. The highest BCUT2D eigenvalue weighted by molar-refractivity contribution is 5.77. The van der Waals surface area contributed by atoms with Crippen molar-refractivity contribution < 1.29 is 14.3 Å². The molecule has 0 bridgehead atoms. The molecule has 2 amide bonds. The molecule has 28 heavy (non-hydrogen) atoms. The molecule has 2 aliphatic heterocycles. The number of methoxy groups -OCH3 is 1. The molecule has 0 aromatic carbocycles. The average Bonchev–Trinajstić information content (AvgIpc) is 3.15. The number of carbonyl (C=O) groups excluding carboxylic acids is 2. The van der Waals surface area contributed by atoms with Gasteiger partial charge in [-0.3, -0.25) is 9.78 Å². The summed E-state index contributed by atoms with van der Waals surface area (Å²) in [5, 5.41) is 0. The lowest BCUT2D eigenvalue weighted by Crippen LogP contribution is -2.48. The predicted molar refractivity (Wildman–Crippen MR) is 106 cm³/mol. The number of anilines is 1. The van der Waals surface area contributed by atoms with E-state index in [9.17, 15) is 9.59 Å². The first kappa shape index (κ1) is 19.0. The molecule has 152 valence electrons. The van der Waals surface area contributed by atoms with Crippen molar-refractivity contribution in [1.82, 2.24) is 14.8 Å². The van der Waals surface area contributed by atoms with E-state index in [2.05, 4.69) is 19.7 Å². The Morgan fingerprint density at radius 3 is 2.07 bits per heavy atom. The number of pyridine rings is 1. The van der Waals surface area contributed by atoms with Gasteiger partial charge in [0, 0.05) is 56.3 Å². The van der Waals surface area contributed by atoms with Crippen molar-refractivity contribution in [3.05, 3.63) is 24.5 Å². The Balaban J connectivity index is 1.29. The zero-order valence-electron chi connectivity index (χ0n) is 16.6. The van der Waals surface area contributed by atoms with Crippen LogP contribution in [0.5, 0.6) is 0 Å². The summed E-state index contributed by atoms with van der Waals surface area (Å²) in [6.07, 6.45) is 9.14. The van der Waals surface area contributed by atoms with Gasteiger partial charge in [0.05, 0.1) is 13.0 Å². The van der Waals surface area contributed by atoms with E-state index in [1.165, 1.54) is 12.8 Å². The molecule has 1 saturated carbocycles. The first-order valence-electron chi connectivity index (χ1n) is 10.5.